The second-order valence-electron chi connectivity index (χ2n) is 11.7. The van der Waals surface area contributed by atoms with E-state index >= 15 is 0 Å². The molecule has 46 heavy (non-hydrogen) atoms. The molecule has 0 unspecified atom stereocenters. The summed E-state index contributed by atoms with van der Waals surface area (Å²) in [6, 6.07) is 36.0. The number of pyridine rings is 1. The zero-order valence-corrected chi connectivity index (χ0v) is 28.8. The van der Waals surface area contributed by atoms with Crippen LogP contribution < -0.4 is 4.74 Å². The molecule has 6 heteroatoms. The van der Waals surface area contributed by atoms with Gasteiger partial charge in [-0.05, 0) is 61.2 Å². The van der Waals surface area contributed by atoms with Gasteiger partial charge in [0.25, 0.3) is 0 Å². The zero-order valence-electron chi connectivity index (χ0n) is 27.5. The Balaban J connectivity index is 0.00000386. The van der Waals surface area contributed by atoms with E-state index in [4.69, 9.17) is 11.2 Å². The van der Waals surface area contributed by atoms with Crippen molar-refractivity contribution >= 4 is 21.8 Å². The van der Waals surface area contributed by atoms with Crippen LogP contribution in [0.4, 0.5) is 0 Å². The smallest absolute Gasteiger partial charge is 0.509 e. The second-order valence-corrected chi connectivity index (χ2v) is 11.7. The number of nitrogens with zero attached hydrogens (tertiary/aromatic N) is 4. The number of hydrogen-bond acceptors (Lipinski definition) is 3. The molecule has 0 aliphatic rings. The Morgan fingerprint density at radius 3 is 2.50 bits per heavy atom. The maximum absolute atomic E-state index is 8.27. The largest absolute Gasteiger partial charge is 2.00 e. The van der Waals surface area contributed by atoms with Crippen LogP contribution in [0, 0.1) is 32.9 Å². The van der Waals surface area contributed by atoms with E-state index in [2.05, 4.69) is 91.8 Å². The van der Waals surface area contributed by atoms with Crippen LogP contribution in [0.3, 0.4) is 0 Å². The Morgan fingerprint density at radius 1 is 0.848 bits per heavy atom. The molecule has 0 aliphatic carbocycles. The van der Waals surface area contributed by atoms with Crippen molar-refractivity contribution in [3.05, 3.63) is 132 Å². The van der Waals surface area contributed by atoms with Crippen LogP contribution in [0.25, 0.3) is 44.4 Å². The van der Waals surface area contributed by atoms with Crippen LogP contribution in [-0.4, -0.2) is 19.3 Å². The van der Waals surface area contributed by atoms with Crippen LogP contribution in [-0.2, 0) is 27.5 Å². The van der Waals surface area contributed by atoms with Crippen molar-refractivity contribution in [1.82, 2.24) is 19.3 Å². The van der Waals surface area contributed by atoms with Gasteiger partial charge < -0.3 is 9.30 Å². The van der Waals surface area contributed by atoms with Gasteiger partial charge in [0, 0.05) is 34.5 Å². The third kappa shape index (κ3) is 6.04. The van der Waals surface area contributed by atoms with Gasteiger partial charge in [-0.3, -0.25) is 4.68 Å². The summed E-state index contributed by atoms with van der Waals surface area (Å²) < 4.78 is 18.9. The van der Waals surface area contributed by atoms with Gasteiger partial charge in [-0.1, -0.05) is 86.6 Å². The Morgan fingerprint density at radius 2 is 1.70 bits per heavy atom. The molecule has 0 N–H and O–H groups in total. The molecule has 0 spiro atoms. The molecule has 3 heterocycles. The van der Waals surface area contributed by atoms with Crippen molar-refractivity contribution in [1.29, 1.82) is 0 Å². The van der Waals surface area contributed by atoms with Crippen LogP contribution in [0.5, 0.6) is 11.5 Å². The normalized spacial score (nSPS) is 11.5. The Labute approximate surface area is 286 Å². The summed E-state index contributed by atoms with van der Waals surface area (Å²) in [5, 5.41) is 6.94. The third-order valence-electron chi connectivity index (χ3n) is 8.38. The number of unbranched alkanes of at least 4 members (excludes halogenated alkanes) is 2. The van der Waals surface area contributed by atoms with E-state index in [0.717, 1.165) is 80.7 Å². The topological polar surface area (TPSA) is 44.9 Å². The van der Waals surface area contributed by atoms with Crippen molar-refractivity contribution in [2.24, 2.45) is 0 Å². The summed E-state index contributed by atoms with van der Waals surface area (Å²) in [6.45, 7) is 8.46. The van der Waals surface area contributed by atoms with Crippen molar-refractivity contribution in [3.63, 3.8) is 0 Å². The number of aromatic nitrogens is 4. The van der Waals surface area contributed by atoms with Crippen molar-refractivity contribution in [2.75, 3.05) is 0 Å². The summed E-state index contributed by atoms with van der Waals surface area (Å²) in [6.07, 6.45) is 6.20. The molecule has 0 bridgehead atoms. The Kier molecular flexibility index (Phi) is 8.85. The fourth-order valence-electron chi connectivity index (χ4n) is 6.25. The van der Waals surface area contributed by atoms with Crippen LogP contribution >= 0.6 is 0 Å². The summed E-state index contributed by atoms with van der Waals surface area (Å²) in [4.78, 5) is 4.69. The molecule has 0 aliphatic heterocycles. The van der Waals surface area contributed by atoms with Gasteiger partial charge in [0.1, 0.15) is 5.82 Å². The van der Waals surface area contributed by atoms with Crippen molar-refractivity contribution < 1.29 is 27.2 Å². The molecule has 0 saturated carbocycles. The van der Waals surface area contributed by atoms with Gasteiger partial charge in [0.05, 0.1) is 7.06 Å². The molecule has 0 saturated heterocycles. The number of ether oxygens (including phenoxy) is 1. The summed E-state index contributed by atoms with van der Waals surface area (Å²) >= 11 is 0. The summed E-state index contributed by atoms with van der Waals surface area (Å²) in [7, 11) is 0. The van der Waals surface area contributed by atoms with E-state index in [1.165, 1.54) is 12.0 Å². The number of aryl methyl sites for hydroxylation is 3. The molecule has 3 aromatic heterocycles. The fourth-order valence-corrected chi connectivity index (χ4v) is 6.25. The molecule has 232 valence electrons. The molecule has 0 amide bonds. The molecular weight excluding hydrogens is 748 g/mol. The number of rotatable bonds is 9. The predicted molar refractivity (Wildman–Crippen MR) is 183 cm³/mol. The van der Waals surface area contributed by atoms with Gasteiger partial charge in [-0.15, -0.1) is 35.7 Å². The molecule has 4 aromatic carbocycles. The molecule has 0 atom stereocenters. The first-order chi connectivity index (χ1) is 22.4. The molecule has 0 fully saturated rings. The minimum atomic E-state index is 0. The summed E-state index contributed by atoms with van der Waals surface area (Å²) in [5.74, 6) is 2.01. The third-order valence-corrected chi connectivity index (χ3v) is 8.38. The first kappa shape index (κ1) is 30.2. The molecule has 7 aromatic rings. The van der Waals surface area contributed by atoms with Gasteiger partial charge in [-0.2, -0.15) is 16.7 Å². The maximum atomic E-state index is 8.27. The minimum Gasteiger partial charge on any atom is -0.509 e. The fraction of sp³-hybridized carbons (Fsp3) is 0.200. The summed E-state index contributed by atoms with van der Waals surface area (Å²) in [5.41, 5.74) is 9.31. The first-order valence-electron chi connectivity index (χ1n) is 16.2. The van der Waals surface area contributed by atoms with E-state index in [-0.39, 0.29) is 21.1 Å². The monoisotopic (exact) mass is 784 g/mol. The number of hydrogen-bond donors (Lipinski definition) is 0. The maximum Gasteiger partial charge on any atom is 2.00 e. The number of benzene rings is 4. The standard InChI is InChI=1S/C40H36N4O.Pt/c1-5-6-8-13-30-23-32(44-29(4)40(28(3)42-44)31-14-9-7-10-15-31)25-34(24-30)45-33-18-19-36-35-16-11-12-17-37(35)43(38(36)26-33)39-22-27(2)20-21-41-39;/h7,9-12,14-24H,5-6,8,13H2,1-4H3;/q-2;+2/i11D;. The van der Waals surface area contributed by atoms with Gasteiger partial charge in [0.15, 0.2) is 0 Å². The second kappa shape index (κ2) is 13.5. The molecule has 7 rings (SSSR count). The Hall–Kier alpha value is -4.47. The van der Waals surface area contributed by atoms with Gasteiger partial charge in [0.2, 0.25) is 0 Å². The van der Waals surface area contributed by atoms with E-state index < -0.39 is 0 Å². The molecular formula is C40H36N4OPt. The molecule has 0 radical (unpaired) electrons. The van der Waals surface area contributed by atoms with Gasteiger partial charge >= 0.3 is 21.1 Å². The van der Waals surface area contributed by atoms with E-state index in [1.54, 1.807) is 0 Å². The SMILES string of the molecule is [2H]c1ccc2c(c1)c1ccc(Oc3[c-]c(-n4nc(C)c(-c5ccccc5)c4C)cc(CCCCC)c3)[c-]c1n2-c1cc(C)ccn1.[Pt+2]. The Bertz CT molecular complexity index is 2200. The number of fused-ring (bicyclic) bond motifs is 3. The minimum absolute atomic E-state index is 0. The first-order valence-corrected chi connectivity index (χ1v) is 15.7. The van der Waals surface area contributed by atoms with Crippen molar-refractivity contribution in [2.45, 2.75) is 53.4 Å². The van der Waals surface area contributed by atoms with E-state index in [0.29, 0.717) is 17.5 Å². The quantitative estimate of drug-likeness (QED) is 0.108. The van der Waals surface area contributed by atoms with Gasteiger partial charge in [-0.25, -0.2) is 4.98 Å². The van der Waals surface area contributed by atoms with E-state index in [1.807, 2.05) is 53.3 Å². The average molecular weight is 785 g/mol. The van der Waals surface area contributed by atoms with Crippen LogP contribution in [0.2, 0.25) is 0 Å². The van der Waals surface area contributed by atoms with Crippen LogP contribution in [0.1, 0.15) is 50.1 Å². The van der Waals surface area contributed by atoms with E-state index in [9.17, 15) is 0 Å². The van der Waals surface area contributed by atoms with Crippen LogP contribution in [0.15, 0.2) is 97.2 Å². The number of para-hydroxylation sites is 1. The predicted octanol–water partition coefficient (Wildman–Crippen LogP) is 10.1. The average Bonchev–Trinajstić information content (AvgIpc) is 3.53. The van der Waals surface area contributed by atoms with Crippen molar-refractivity contribution in [3.8, 4) is 34.1 Å². The molecule has 5 nitrogen and oxygen atoms in total. The zero-order chi connectivity index (χ0) is 31.8.